The number of hydrogen-bond donors (Lipinski definition) is 2. The number of halogens is 3. The minimum atomic E-state index is -4.52. The van der Waals surface area contributed by atoms with Crippen LogP contribution in [0.1, 0.15) is 39.5 Å². The van der Waals surface area contributed by atoms with Gasteiger partial charge in [0.2, 0.25) is 5.82 Å². The fraction of sp³-hybridized carbons (Fsp3) is 0.211. The summed E-state index contributed by atoms with van der Waals surface area (Å²) < 4.78 is 40.0. The number of imidazole rings is 1. The van der Waals surface area contributed by atoms with Gasteiger partial charge in [-0.25, -0.2) is 4.98 Å². The average Bonchev–Trinajstić information content (AvgIpc) is 3.38. The summed E-state index contributed by atoms with van der Waals surface area (Å²) in [5, 5.41) is 5.23. The summed E-state index contributed by atoms with van der Waals surface area (Å²) in [6.45, 7) is 0. The molecule has 0 bridgehead atoms. The molecular formula is C19H15F3N4O2. The van der Waals surface area contributed by atoms with Gasteiger partial charge in [0.1, 0.15) is 0 Å². The van der Waals surface area contributed by atoms with Crippen molar-refractivity contribution in [1.29, 1.82) is 0 Å². The number of nitrogens with zero attached hydrogens (tertiary/aromatic N) is 2. The number of amides is 2. The maximum atomic E-state index is 12.9. The minimum Gasteiger partial charge on any atom is -0.348 e. The standard InChI is InChI=1S/C19H15F3N4O2/c20-19(21,22)11-4-3-5-13(10-11)24-18(28)16-25-15(17(27)23-12-7-8-12)14-6-1-2-9-26(14)16/h1-6,9-10,12H,7-8H2,(H,23,27)(H,24,28). The summed E-state index contributed by atoms with van der Waals surface area (Å²) in [6.07, 6.45) is -1.15. The summed E-state index contributed by atoms with van der Waals surface area (Å²) >= 11 is 0. The van der Waals surface area contributed by atoms with Crippen LogP contribution in [0.5, 0.6) is 0 Å². The van der Waals surface area contributed by atoms with Crippen LogP contribution in [0.15, 0.2) is 48.7 Å². The number of fused-ring (bicyclic) bond motifs is 1. The van der Waals surface area contributed by atoms with Gasteiger partial charge in [-0.3, -0.25) is 14.0 Å². The molecule has 2 heterocycles. The van der Waals surface area contributed by atoms with Crippen LogP contribution in [0.4, 0.5) is 18.9 Å². The molecule has 28 heavy (non-hydrogen) atoms. The Balaban J connectivity index is 1.65. The largest absolute Gasteiger partial charge is 0.416 e. The Hall–Kier alpha value is -3.36. The van der Waals surface area contributed by atoms with E-state index in [1.54, 1.807) is 24.4 Å². The van der Waals surface area contributed by atoms with Crippen LogP contribution in [-0.4, -0.2) is 27.2 Å². The highest BCUT2D eigenvalue weighted by Crippen LogP contribution is 2.30. The molecule has 2 amide bonds. The second-order valence-electron chi connectivity index (χ2n) is 6.52. The highest BCUT2D eigenvalue weighted by atomic mass is 19.4. The van der Waals surface area contributed by atoms with Crippen molar-refractivity contribution in [2.24, 2.45) is 0 Å². The topological polar surface area (TPSA) is 75.5 Å². The van der Waals surface area contributed by atoms with Crippen molar-refractivity contribution >= 4 is 23.0 Å². The Morgan fingerprint density at radius 2 is 1.86 bits per heavy atom. The molecule has 1 aliphatic carbocycles. The number of carbonyl (C=O) groups is 2. The van der Waals surface area contributed by atoms with Crippen molar-refractivity contribution in [2.45, 2.75) is 25.1 Å². The van der Waals surface area contributed by atoms with Crippen LogP contribution in [0.25, 0.3) is 5.52 Å². The number of benzene rings is 1. The van der Waals surface area contributed by atoms with Gasteiger partial charge in [-0.05, 0) is 43.2 Å². The van der Waals surface area contributed by atoms with Crippen LogP contribution in [0.3, 0.4) is 0 Å². The van der Waals surface area contributed by atoms with E-state index >= 15 is 0 Å². The fourth-order valence-electron chi connectivity index (χ4n) is 2.81. The number of aromatic nitrogens is 2. The summed E-state index contributed by atoms with van der Waals surface area (Å²) in [5.74, 6) is -1.19. The van der Waals surface area contributed by atoms with Crippen LogP contribution >= 0.6 is 0 Å². The number of anilines is 1. The van der Waals surface area contributed by atoms with E-state index in [0.29, 0.717) is 5.52 Å². The van der Waals surface area contributed by atoms with Crippen molar-refractivity contribution in [1.82, 2.24) is 14.7 Å². The normalized spacial score (nSPS) is 14.1. The number of rotatable bonds is 4. The lowest BCUT2D eigenvalue weighted by Gasteiger charge is -2.09. The zero-order valence-electron chi connectivity index (χ0n) is 14.5. The lowest BCUT2D eigenvalue weighted by Crippen LogP contribution is -2.26. The SMILES string of the molecule is O=C(NC1CC1)c1nc(C(=O)Nc2cccc(C(F)(F)F)c2)n2ccccc12. The number of alkyl halides is 3. The molecule has 1 fully saturated rings. The van der Waals surface area contributed by atoms with Crippen LogP contribution < -0.4 is 10.6 Å². The van der Waals surface area contributed by atoms with E-state index in [2.05, 4.69) is 15.6 Å². The average molecular weight is 388 g/mol. The fourth-order valence-corrected chi connectivity index (χ4v) is 2.81. The number of nitrogens with one attached hydrogen (secondary N) is 2. The summed E-state index contributed by atoms with van der Waals surface area (Å²) in [7, 11) is 0. The molecule has 2 N–H and O–H groups in total. The Kier molecular flexibility index (Phi) is 4.29. The Bertz CT molecular complexity index is 1070. The third kappa shape index (κ3) is 3.55. The molecule has 0 spiro atoms. The van der Waals surface area contributed by atoms with Crippen molar-refractivity contribution in [3.63, 3.8) is 0 Å². The van der Waals surface area contributed by atoms with Crippen molar-refractivity contribution in [3.8, 4) is 0 Å². The van der Waals surface area contributed by atoms with E-state index in [0.717, 1.165) is 25.0 Å². The third-order valence-electron chi connectivity index (χ3n) is 4.33. The zero-order chi connectivity index (χ0) is 19.9. The first-order chi connectivity index (χ1) is 13.3. The number of pyridine rings is 1. The summed E-state index contributed by atoms with van der Waals surface area (Å²) in [4.78, 5) is 29.2. The first kappa shape index (κ1) is 18.0. The molecule has 1 aromatic carbocycles. The molecular weight excluding hydrogens is 373 g/mol. The van der Waals surface area contributed by atoms with Gasteiger partial charge < -0.3 is 10.6 Å². The minimum absolute atomic E-state index is 0.0171. The van der Waals surface area contributed by atoms with E-state index in [1.165, 1.54) is 16.5 Å². The maximum Gasteiger partial charge on any atom is 0.416 e. The first-order valence-corrected chi connectivity index (χ1v) is 8.59. The Labute approximate surface area is 157 Å². The van der Waals surface area contributed by atoms with E-state index < -0.39 is 17.6 Å². The van der Waals surface area contributed by atoms with E-state index in [-0.39, 0.29) is 29.2 Å². The molecule has 144 valence electrons. The molecule has 0 unspecified atom stereocenters. The second kappa shape index (κ2) is 6.66. The van der Waals surface area contributed by atoms with Gasteiger partial charge >= 0.3 is 6.18 Å². The second-order valence-corrected chi connectivity index (χ2v) is 6.52. The molecule has 1 aliphatic rings. The highest BCUT2D eigenvalue weighted by Gasteiger charge is 2.31. The van der Waals surface area contributed by atoms with E-state index in [9.17, 15) is 22.8 Å². The molecule has 0 atom stereocenters. The molecule has 0 saturated heterocycles. The predicted molar refractivity (Wildman–Crippen MR) is 95.1 cm³/mol. The van der Waals surface area contributed by atoms with Gasteiger partial charge in [-0.15, -0.1) is 0 Å². The Morgan fingerprint density at radius 1 is 1.07 bits per heavy atom. The quantitative estimate of drug-likeness (QED) is 0.718. The van der Waals surface area contributed by atoms with Crippen molar-refractivity contribution in [2.75, 3.05) is 5.32 Å². The molecule has 4 rings (SSSR count). The van der Waals surface area contributed by atoms with Gasteiger partial charge in [-0.2, -0.15) is 13.2 Å². The third-order valence-corrected chi connectivity index (χ3v) is 4.33. The molecule has 0 aliphatic heterocycles. The number of hydrogen-bond acceptors (Lipinski definition) is 3. The zero-order valence-corrected chi connectivity index (χ0v) is 14.5. The van der Waals surface area contributed by atoms with Gasteiger partial charge in [0.15, 0.2) is 5.69 Å². The molecule has 1 saturated carbocycles. The lowest BCUT2D eigenvalue weighted by molar-refractivity contribution is -0.137. The van der Waals surface area contributed by atoms with Crippen molar-refractivity contribution < 1.29 is 22.8 Å². The highest BCUT2D eigenvalue weighted by molar-refractivity contribution is 6.06. The van der Waals surface area contributed by atoms with Crippen molar-refractivity contribution in [3.05, 3.63) is 65.7 Å². The smallest absolute Gasteiger partial charge is 0.348 e. The molecule has 2 aromatic heterocycles. The van der Waals surface area contributed by atoms with Crippen LogP contribution in [0, 0.1) is 0 Å². The molecule has 9 heteroatoms. The summed E-state index contributed by atoms with van der Waals surface area (Å²) in [6, 6.07) is 9.46. The maximum absolute atomic E-state index is 12.9. The van der Waals surface area contributed by atoms with E-state index in [1.807, 2.05) is 0 Å². The van der Waals surface area contributed by atoms with E-state index in [4.69, 9.17) is 0 Å². The first-order valence-electron chi connectivity index (χ1n) is 8.59. The molecule has 3 aromatic rings. The Morgan fingerprint density at radius 3 is 2.57 bits per heavy atom. The molecule has 0 radical (unpaired) electrons. The monoisotopic (exact) mass is 388 g/mol. The van der Waals surface area contributed by atoms with Crippen LogP contribution in [-0.2, 0) is 6.18 Å². The van der Waals surface area contributed by atoms with Gasteiger partial charge in [0.25, 0.3) is 11.8 Å². The van der Waals surface area contributed by atoms with Gasteiger partial charge in [0, 0.05) is 17.9 Å². The lowest BCUT2D eigenvalue weighted by atomic mass is 10.2. The van der Waals surface area contributed by atoms with Gasteiger partial charge in [-0.1, -0.05) is 12.1 Å². The summed E-state index contributed by atoms with van der Waals surface area (Å²) in [5.41, 5.74) is -0.351. The number of carbonyl (C=O) groups excluding carboxylic acids is 2. The van der Waals surface area contributed by atoms with Crippen LogP contribution in [0.2, 0.25) is 0 Å². The van der Waals surface area contributed by atoms with Gasteiger partial charge in [0.05, 0.1) is 11.1 Å². The predicted octanol–water partition coefficient (Wildman–Crippen LogP) is 3.50. The molecule has 6 nitrogen and oxygen atoms in total.